The number of alkyl halides is 6. The van der Waals surface area contributed by atoms with Gasteiger partial charge in [-0.1, -0.05) is 130 Å². The van der Waals surface area contributed by atoms with Crippen LogP contribution in [-0.2, 0) is 70.4 Å². The van der Waals surface area contributed by atoms with E-state index in [4.69, 9.17) is 15.3 Å². The molecule has 9 atom stereocenters. The summed E-state index contributed by atoms with van der Waals surface area (Å²) in [7, 11) is 0. The topological polar surface area (TPSA) is 374 Å². The van der Waals surface area contributed by atoms with Gasteiger partial charge in [0, 0.05) is 53.2 Å². The van der Waals surface area contributed by atoms with E-state index in [0.717, 1.165) is 40.6 Å². The molecule has 0 radical (unpaired) electrons. The molecule has 0 spiro atoms. The number of carbonyl (C=O) groups excluding carboxylic acids is 9. The number of carboxylic acid groups (broad SMARTS) is 3. The van der Waals surface area contributed by atoms with E-state index in [9.17, 15) is 83.9 Å². The molecule has 32 heteroatoms. The highest BCUT2D eigenvalue weighted by molar-refractivity contribution is 9.10. The number of Topliss-reactive ketones (excluding diaryl/α,β-unsaturated/α-hetero) is 3. The average Bonchev–Trinajstić information content (AvgIpc) is 1.74. The average molecular weight is 1470 g/mol. The predicted octanol–water partition coefficient (Wildman–Crippen LogP) is 6.53. The molecule has 97 heavy (non-hydrogen) atoms. The van der Waals surface area contributed by atoms with Gasteiger partial charge in [-0.2, -0.15) is 0 Å². The maximum atomic E-state index is 13.1. The van der Waals surface area contributed by atoms with Crippen LogP contribution in [0.15, 0.2) is 46.3 Å². The van der Waals surface area contributed by atoms with Gasteiger partial charge < -0.3 is 63.2 Å². The van der Waals surface area contributed by atoms with Crippen molar-refractivity contribution < 1.29 is 99.2 Å². The van der Waals surface area contributed by atoms with Gasteiger partial charge in [-0.25, -0.2) is 40.7 Å². The first kappa shape index (κ1) is 88.1. The lowest BCUT2D eigenvalue weighted by atomic mass is 9.95. The number of amides is 6. The molecular weight excluding hydrogens is 1370 g/mol. The SMILES string of the molecule is CC(C)C[C@H](NC(=O)[C@@H](NC(C)C)C1CCCC1)C(=O)NC(CC(F)F)C(=O)C(=O)O.CC(C)C[C@H](NC(=O)[C@H](Cc1cccc(Br)c1)NC(C)C)C(=O)NC(CC(F)F)C(=O)C(=O)O.CC(C)C[C@H](NC(=O)[C@H](Cc1cccs1)NC(C)C)C(=O)NC(CC(F)F)C(=O)C(=O)O. The lowest BCUT2D eigenvalue weighted by molar-refractivity contribution is -0.151. The van der Waals surface area contributed by atoms with Crippen molar-refractivity contribution >= 4 is 98.0 Å². The summed E-state index contributed by atoms with van der Waals surface area (Å²) in [6.45, 7) is 22.2. The normalized spacial score (nSPS) is 15.3. The largest absolute Gasteiger partial charge is 0.475 e. The van der Waals surface area contributed by atoms with Crippen LogP contribution in [0.4, 0.5) is 26.3 Å². The fourth-order valence-corrected chi connectivity index (χ4v) is 11.5. The van der Waals surface area contributed by atoms with E-state index in [0.29, 0.717) is 12.8 Å². The highest BCUT2D eigenvalue weighted by Gasteiger charge is 2.38. The molecule has 3 unspecified atom stereocenters. The molecule has 548 valence electrons. The minimum atomic E-state index is -3.00. The Kier molecular flexibility index (Phi) is 40.8. The van der Waals surface area contributed by atoms with Gasteiger partial charge >= 0.3 is 17.9 Å². The molecule has 0 saturated heterocycles. The van der Waals surface area contributed by atoms with E-state index in [1.165, 1.54) is 11.3 Å². The van der Waals surface area contributed by atoms with Crippen LogP contribution in [0.25, 0.3) is 0 Å². The third-order valence-corrected chi connectivity index (χ3v) is 15.9. The van der Waals surface area contributed by atoms with E-state index in [1.807, 2.05) is 97.2 Å². The number of halogens is 7. The Morgan fingerprint density at radius 1 is 0.433 bits per heavy atom. The molecule has 1 aromatic carbocycles. The zero-order valence-electron chi connectivity index (χ0n) is 56.8. The first-order valence-corrected chi connectivity index (χ1v) is 33.8. The molecule has 24 nitrogen and oxygen atoms in total. The van der Waals surface area contributed by atoms with Gasteiger partial charge in [0.15, 0.2) is 0 Å². The Morgan fingerprint density at radius 2 is 0.763 bits per heavy atom. The van der Waals surface area contributed by atoms with Crippen molar-refractivity contribution in [3.63, 3.8) is 0 Å². The zero-order valence-corrected chi connectivity index (χ0v) is 59.2. The Morgan fingerprint density at radius 3 is 1.06 bits per heavy atom. The molecule has 6 amide bonds. The van der Waals surface area contributed by atoms with E-state index in [-0.39, 0.29) is 67.0 Å². The molecule has 1 aromatic heterocycles. The number of benzene rings is 1. The number of hydrogen-bond donors (Lipinski definition) is 12. The Labute approximate surface area is 574 Å². The smallest absolute Gasteiger partial charge is 0.374 e. The fraction of sp³-hybridized carbons (Fsp3) is 0.662. The lowest BCUT2D eigenvalue weighted by Crippen LogP contribution is -2.58. The third kappa shape index (κ3) is 36.0. The van der Waals surface area contributed by atoms with Crippen LogP contribution in [-0.4, -0.2) is 178 Å². The number of rotatable bonds is 41. The van der Waals surface area contributed by atoms with Crippen molar-refractivity contribution in [3.05, 3.63) is 56.7 Å². The van der Waals surface area contributed by atoms with Gasteiger partial charge in [0.05, 0.1) is 18.1 Å². The van der Waals surface area contributed by atoms with Crippen LogP contribution < -0.4 is 47.9 Å². The highest BCUT2D eigenvalue weighted by atomic mass is 79.9. The summed E-state index contributed by atoms with van der Waals surface area (Å²) in [5, 5.41) is 52.3. The monoisotopic (exact) mass is 1470 g/mol. The quantitative estimate of drug-likeness (QED) is 0.0248. The summed E-state index contributed by atoms with van der Waals surface area (Å²) < 4.78 is 77.8. The van der Waals surface area contributed by atoms with Crippen molar-refractivity contribution in [1.82, 2.24) is 47.9 Å². The van der Waals surface area contributed by atoms with Crippen LogP contribution in [0.3, 0.4) is 0 Å². The van der Waals surface area contributed by atoms with E-state index in [1.54, 1.807) is 27.7 Å². The third-order valence-electron chi connectivity index (χ3n) is 14.5. The van der Waals surface area contributed by atoms with Crippen LogP contribution in [0.1, 0.15) is 158 Å². The maximum Gasteiger partial charge on any atom is 0.374 e. The predicted molar refractivity (Wildman–Crippen MR) is 354 cm³/mol. The van der Waals surface area contributed by atoms with E-state index >= 15 is 0 Å². The van der Waals surface area contributed by atoms with Gasteiger partial charge in [0.25, 0.3) is 17.3 Å². The van der Waals surface area contributed by atoms with E-state index in [2.05, 4.69) is 63.8 Å². The van der Waals surface area contributed by atoms with Gasteiger partial charge in [0.2, 0.25) is 54.7 Å². The first-order chi connectivity index (χ1) is 45.1. The van der Waals surface area contributed by atoms with E-state index < -0.39 is 158 Å². The molecule has 1 fully saturated rings. The van der Waals surface area contributed by atoms with Crippen LogP contribution in [0.5, 0.6) is 0 Å². The molecule has 0 bridgehead atoms. The van der Waals surface area contributed by atoms with Gasteiger partial charge in [-0.3, -0.25) is 43.2 Å². The molecule has 1 saturated carbocycles. The number of carbonyl (C=O) groups is 12. The van der Waals surface area contributed by atoms with Crippen molar-refractivity contribution in [3.8, 4) is 0 Å². The molecule has 12 N–H and O–H groups in total. The molecule has 1 heterocycles. The second-order valence-electron chi connectivity index (χ2n) is 25.9. The lowest BCUT2D eigenvalue weighted by Gasteiger charge is -2.29. The number of carboxylic acids is 3. The molecule has 1 aliphatic rings. The number of aliphatic carboxylic acids is 3. The molecule has 3 rings (SSSR count). The molecule has 2 aromatic rings. The number of hydrogen-bond acceptors (Lipinski definition) is 16. The number of thiophene rings is 1. The minimum absolute atomic E-state index is 0.0216. The Hall–Kier alpha value is -6.90. The Bertz CT molecular complexity index is 2870. The van der Waals surface area contributed by atoms with Crippen LogP contribution in [0.2, 0.25) is 0 Å². The second-order valence-corrected chi connectivity index (χ2v) is 27.8. The van der Waals surface area contributed by atoms with Gasteiger partial charge in [0.1, 0.15) is 36.3 Å². The second kappa shape index (κ2) is 44.9. The highest BCUT2D eigenvalue weighted by Crippen LogP contribution is 2.29. The summed E-state index contributed by atoms with van der Waals surface area (Å²) in [6, 6.07) is 0.293. The van der Waals surface area contributed by atoms with Crippen molar-refractivity contribution in [2.24, 2.45) is 23.7 Å². The first-order valence-electron chi connectivity index (χ1n) is 32.1. The summed E-state index contributed by atoms with van der Waals surface area (Å²) in [4.78, 5) is 147. The maximum absolute atomic E-state index is 13.1. The summed E-state index contributed by atoms with van der Waals surface area (Å²) >= 11 is 4.88. The Balaban J connectivity index is 0.000000728. The summed E-state index contributed by atoms with van der Waals surface area (Å²) in [5.74, 6) is -14.3. The van der Waals surface area contributed by atoms with Gasteiger partial charge in [-0.15, -0.1) is 11.3 Å². The standard InChI is InChI=1S/C23H32BrF2N3O5.C21H31F2N3O5S.C21H35F2N3O5/c1-12(2)8-17(21(31)28-16(11-19(25)26)20(30)23(33)34)29-22(32)18(27-13(3)4)10-14-6-5-7-15(24)9-14;1-11(2)8-15(19(28)25-14(10-17(22)23)18(27)21(30)31)26-20(29)16(24-12(3)4)9-13-6-5-7-32-13;1-11(2)9-15(19(28)25-14(10-16(22)23)18(27)21(30)31)26-20(29)17(24-12(3)4)13-7-5-6-8-13/h5-7,9,12-13,16-19,27H,8,10-11H2,1-4H3,(H,28,31)(H,29,32)(H,33,34);5-7,11-12,14-17,24H,8-10H2,1-4H3,(H,25,28)(H,26,29)(H,30,31);11-17,24H,5-10H2,1-4H3,(H,25,28)(H,26,29)(H,30,31)/t16?,17-,18-;14?,15-,16-;14?,15-,17-/m000/s1. The molecular formula is C65H98BrF6N9O15S. The fourth-order valence-electron chi connectivity index (χ4n) is 10.3. The summed E-state index contributed by atoms with van der Waals surface area (Å²) in [5.41, 5.74) is 0.872. The van der Waals surface area contributed by atoms with Crippen molar-refractivity contribution in [2.45, 2.75) is 252 Å². The van der Waals surface area contributed by atoms with Gasteiger partial charge in [-0.05, 0) is 91.3 Å². The van der Waals surface area contributed by atoms with Crippen molar-refractivity contribution in [1.29, 1.82) is 0 Å². The van der Waals surface area contributed by atoms with Crippen molar-refractivity contribution in [2.75, 3.05) is 0 Å². The molecule has 0 aliphatic heterocycles. The van der Waals surface area contributed by atoms with Crippen LogP contribution >= 0.6 is 27.3 Å². The minimum Gasteiger partial charge on any atom is -0.475 e. The zero-order chi connectivity index (χ0) is 74.1. The number of nitrogens with one attached hydrogen (secondary N) is 9. The van der Waals surface area contributed by atoms with Crippen LogP contribution in [0, 0.1) is 23.7 Å². The summed E-state index contributed by atoms with van der Waals surface area (Å²) in [6.07, 6.45) is -7.27. The number of ketones is 3. The molecule has 1 aliphatic carbocycles.